The number of Topliss-reactive ketones (excluding diaryl/α,β-unsaturated/α-hetero) is 1. The van der Waals surface area contributed by atoms with Crippen molar-refractivity contribution in [1.82, 2.24) is 0 Å². The summed E-state index contributed by atoms with van der Waals surface area (Å²) in [4.78, 5) is 12.6. The zero-order chi connectivity index (χ0) is 9.26. The number of rotatable bonds is 1. The Bertz CT molecular complexity index is 333. The van der Waals surface area contributed by atoms with Gasteiger partial charge < -0.3 is 4.74 Å². The SMILES string of the molecule is COc1cccc2c1C(=O)CCS2. The standard InChI is InChI=1S/C10H10O2S/c1-12-8-3-2-4-9-10(8)7(11)5-6-13-9/h2-4H,5-6H2,1H3. The second-order valence-corrected chi connectivity index (χ2v) is 3.99. The molecule has 13 heavy (non-hydrogen) atoms. The van der Waals surface area contributed by atoms with E-state index in [0.29, 0.717) is 12.2 Å². The van der Waals surface area contributed by atoms with Gasteiger partial charge in [0.25, 0.3) is 0 Å². The average Bonchev–Trinajstić information content (AvgIpc) is 2.17. The van der Waals surface area contributed by atoms with E-state index in [1.165, 1.54) is 0 Å². The first-order valence-corrected chi connectivity index (χ1v) is 5.14. The van der Waals surface area contributed by atoms with Crippen molar-refractivity contribution in [3.05, 3.63) is 23.8 Å². The second kappa shape index (κ2) is 3.42. The van der Waals surface area contributed by atoms with Crippen molar-refractivity contribution in [2.24, 2.45) is 0 Å². The molecule has 0 radical (unpaired) electrons. The van der Waals surface area contributed by atoms with E-state index in [9.17, 15) is 4.79 Å². The molecule has 0 N–H and O–H groups in total. The first kappa shape index (κ1) is 8.63. The highest BCUT2D eigenvalue weighted by molar-refractivity contribution is 7.99. The maximum atomic E-state index is 11.6. The number of carbonyl (C=O) groups excluding carboxylic acids is 1. The summed E-state index contributed by atoms with van der Waals surface area (Å²) in [6.45, 7) is 0. The topological polar surface area (TPSA) is 26.3 Å². The summed E-state index contributed by atoms with van der Waals surface area (Å²) in [7, 11) is 1.60. The van der Waals surface area contributed by atoms with Crippen molar-refractivity contribution in [2.45, 2.75) is 11.3 Å². The van der Waals surface area contributed by atoms with Crippen LogP contribution in [-0.2, 0) is 0 Å². The lowest BCUT2D eigenvalue weighted by Gasteiger charge is -2.16. The fourth-order valence-electron chi connectivity index (χ4n) is 1.45. The minimum atomic E-state index is 0.200. The maximum absolute atomic E-state index is 11.6. The third-order valence-electron chi connectivity index (χ3n) is 2.07. The van der Waals surface area contributed by atoms with Crippen LogP contribution in [-0.4, -0.2) is 18.6 Å². The van der Waals surface area contributed by atoms with Gasteiger partial charge in [0, 0.05) is 17.1 Å². The van der Waals surface area contributed by atoms with Crippen molar-refractivity contribution >= 4 is 17.5 Å². The molecule has 0 bridgehead atoms. The minimum Gasteiger partial charge on any atom is -0.496 e. The van der Waals surface area contributed by atoms with Crippen molar-refractivity contribution in [1.29, 1.82) is 0 Å². The fourth-order valence-corrected chi connectivity index (χ4v) is 2.50. The molecule has 1 aliphatic rings. The van der Waals surface area contributed by atoms with E-state index in [0.717, 1.165) is 16.2 Å². The van der Waals surface area contributed by atoms with Crippen molar-refractivity contribution < 1.29 is 9.53 Å². The van der Waals surface area contributed by atoms with Gasteiger partial charge in [0.05, 0.1) is 12.7 Å². The molecule has 0 amide bonds. The van der Waals surface area contributed by atoms with Crippen LogP contribution >= 0.6 is 11.8 Å². The minimum absolute atomic E-state index is 0.200. The summed E-state index contributed by atoms with van der Waals surface area (Å²) in [6, 6.07) is 5.73. The normalized spacial score (nSPS) is 15.3. The van der Waals surface area contributed by atoms with E-state index in [2.05, 4.69) is 0 Å². The molecule has 0 atom stereocenters. The van der Waals surface area contributed by atoms with Crippen LogP contribution in [0.25, 0.3) is 0 Å². The summed E-state index contributed by atoms with van der Waals surface area (Å²) in [5, 5.41) is 0. The van der Waals surface area contributed by atoms with E-state index in [4.69, 9.17) is 4.74 Å². The number of hydrogen-bond acceptors (Lipinski definition) is 3. The van der Waals surface area contributed by atoms with Gasteiger partial charge >= 0.3 is 0 Å². The monoisotopic (exact) mass is 194 g/mol. The Kier molecular flexibility index (Phi) is 2.27. The molecule has 3 heteroatoms. The molecule has 0 aromatic heterocycles. The Hall–Kier alpha value is -0.960. The molecule has 2 rings (SSSR count). The van der Waals surface area contributed by atoms with Crippen LogP contribution in [0.3, 0.4) is 0 Å². The largest absolute Gasteiger partial charge is 0.496 e. The summed E-state index contributed by atoms with van der Waals surface area (Å²) < 4.78 is 5.15. The molecule has 0 unspecified atom stereocenters. The van der Waals surface area contributed by atoms with Gasteiger partial charge in [-0.2, -0.15) is 0 Å². The molecule has 2 nitrogen and oxygen atoms in total. The predicted octanol–water partition coefficient (Wildman–Crippen LogP) is 2.37. The molecule has 1 aromatic carbocycles. The third-order valence-corrected chi connectivity index (χ3v) is 3.13. The van der Waals surface area contributed by atoms with Crippen LogP contribution in [0.5, 0.6) is 5.75 Å². The molecule has 0 spiro atoms. The first-order valence-electron chi connectivity index (χ1n) is 4.16. The number of ether oxygens (including phenoxy) is 1. The summed E-state index contributed by atoms with van der Waals surface area (Å²) in [5.74, 6) is 1.79. The smallest absolute Gasteiger partial charge is 0.168 e. The average molecular weight is 194 g/mol. The van der Waals surface area contributed by atoms with E-state index in [1.807, 2.05) is 18.2 Å². The second-order valence-electron chi connectivity index (χ2n) is 2.86. The van der Waals surface area contributed by atoms with E-state index < -0.39 is 0 Å². The summed E-state index contributed by atoms with van der Waals surface area (Å²) >= 11 is 1.72. The van der Waals surface area contributed by atoms with E-state index in [1.54, 1.807) is 18.9 Å². The molecule has 1 aromatic rings. The molecule has 0 saturated carbocycles. The predicted molar refractivity (Wildman–Crippen MR) is 52.7 cm³/mol. The van der Waals surface area contributed by atoms with Gasteiger partial charge in [0.15, 0.2) is 5.78 Å². The molecular weight excluding hydrogens is 184 g/mol. The van der Waals surface area contributed by atoms with Crippen molar-refractivity contribution in [3.63, 3.8) is 0 Å². The van der Waals surface area contributed by atoms with Gasteiger partial charge in [0.2, 0.25) is 0 Å². The Morgan fingerprint density at radius 2 is 2.31 bits per heavy atom. The lowest BCUT2D eigenvalue weighted by molar-refractivity contribution is 0.0981. The van der Waals surface area contributed by atoms with Crippen LogP contribution < -0.4 is 4.74 Å². The number of thioether (sulfide) groups is 1. The van der Waals surface area contributed by atoms with Crippen LogP contribution in [0.15, 0.2) is 23.1 Å². The highest BCUT2D eigenvalue weighted by atomic mass is 32.2. The lowest BCUT2D eigenvalue weighted by Crippen LogP contribution is -2.09. The maximum Gasteiger partial charge on any atom is 0.168 e. The zero-order valence-corrected chi connectivity index (χ0v) is 8.19. The fraction of sp³-hybridized carbons (Fsp3) is 0.300. The summed E-state index contributed by atoms with van der Waals surface area (Å²) in [5.41, 5.74) is 0.765. The van der Waals surface area contributed by atoms with Crippen molar-refractivity contribution in [3.8, 4) is 5.75 Å². The Labute approximate surface area is 81.3 Å². The van der Waals surface area contributed by atoms with Crippen LogP contribution in [0.1, 0.15) is 16.8 Å². The Balaban J connectivity index is 2.56. The van der Waals surface area contributed by atoms with E-state index in [-0.39, 0.29) is 5.78 Å². The number of benzene rings is 1. The molecule has 0 aliphatic carbocycles. The van der Waals surface area contributed by atoms with Crippen molar-refractivity contribution in [2.75, 3.05) is 12.9 Å². The number of methoxy groups -OCH3 is 1. The molecule has 1 aliphatic heterocycles. The van der Waals surface area contributed by atoms with Gasteiger partial charge in [-0.1, -0.05) is 6.07 Å². The van der Waals surface area contributed by atoms with E-state index >= 15 is 0 Å². The molecular formula is C10H10O2S. The van der Waals surface area contributed by atoms with Crippen LogP contribution in [0.2, 0.25) is 0 Å². The molecule has 1 heterocycles. The molecule has 68 valence electrons. The van der Waals surface area contributed by atoms with Gasteiger partial charge in [-0.3, -0.25) is 4.79 Å². The third kappa shape index (κ3) is 1.44. The Morgan fingerprint density at radius 1 is 1.46 bits per heavy atom. The van der Waals surface area contributed by atoms with Gasteiger partial charge in [0.1, 0.15) is 5.75 Å². The van der Waals surface area contributed by atoms with Crippen LogP contribution in [0, 0.1) is 0 Å². The first-order chi connectivity index (χ1) is 6.33. The highest BCUT2D eigenvalue weighted by Crippen LogP contribution is 2.35. The summed E-state index contributed by atoms with van der Waals surface area (Å²) in [6.07, 6.45) is 0.623. The van der Waals surface area contributed by atoms with Gasteiger partial charge in [-0.15, -0.1) is 11.8 Å². The van der Waals surface area contributed by atoms with Gasteiger partial charge in [-0.25, -0.2) is 0 Å². The van der Waals surface area contributed by atoms with Gasteiger partial charge in [-0.05, 0) is 12.1 Å². The highest BCUT2D eigenvalue weighted by Gasteiger charge is 2.21. The van der Waals surface area contributed by atoms with Crippen LogP contribution in [0.4, 0.5) is 0 Å². The zero-order valence-electron chi connectivity index (χ0n) is 7.37. The lowest BCUT2D eigenvalue weighted by atomic mass is 10.1. The quantitative estimate of drug-likeness (QED) is 0.686. The number of carbonyl (C=O) groups is 1. The number of fused-ring (bicyclic) bond motifs is 1. The molecule has 0 fully saturated rings. The number of ketones is 1. The molecule has 0 saturated heterocycles. The number of hydrogen-bond donors (Lipinski definition) is 0. The Morgan fingerprint density at radius 3 is 3.08 bits per heavy atom.